The molecule has 0 unspecified atom stereocenters. The van der Waals surface area contributed by atoms with Crippen molar-refractivity contribution in [1.82, 2.24) is 4.90 Å². The lowest BCUT2D eigenvalue weighted by Crippen LogP contribution is -2.38. The zero-order valence-electron chi connectivity index (χ0n) is 14.8. The van der Waals surface area contributed by atoms with E-state index in [0.29, 0.717) is 18.0 Å². The predicted octanol–water partition coefficient (Wildman–Crippen LogP) is 3.99. The Labute approximate surface area is 153 Å². The topological polar surface area (TPSA) is 49.4 Å². The summed E-state index contributed by atoms with van der Waals surface area (Å²) < 4.78 is 0. The van der Waals surface area contributed by atoms with E-state index < -0.39 is 0 Å². The van der Waals surface area contributed by atoms with Crippen LogP contribution in [0.25, 0.3) is 0 Å². The number of hydrogen-bond donors (Lipinski definition) is 1. The lowest BCUT2D eigenvalue weighted by Gasteiger charge is -2.21. The van der Waals surface area contributed by atoms with Gasteiger partial charge < -0.3 is 10.2 Å². The molecule has 0 heterocycles. The second kappa shape index (κ2) is 8.67. The molecule has 0 radical (unpaired) electrons. The van der Waals surface area contributed by atoms with Gasteiger partial charge in [0.25, 0.3) is 0 Å². The highest BCUT2D eigenvalue weighted by atomic mass is 35.5. The summed E-state index contributed by atoms with van der Waals surface area (Å²) in [6, 6.07) is 13.4. The Kier molecular flexibility index (Phi) is 6.59. The summed E-state index contributed by atoms with van der Waals surface area (Å²) in [6.45, 7) is 5.94. The van der Waals surface area contributed by atoms with Gasteiger partial charge in [-0.1, -0.05) is 29.8 Å². The Bertz CT molecular complexity index is 754. The van der Waals surface area contributed by atoms with Crippen molar-refractivity contribution in [2.24, 2.45) is 0 Å². The van der Waals surface area contributed by atoms with E-state index in [1.165, 1.54) is 6.92 Å². The van der Waals surface area contributed by atoms with Crippen LogP contribution in [0.3, 0.4) is 0 Å². The normalized spacial score (nSPS) is 10.4. The third kappa shape index (κ3) is 6.24. The molecule has 0 aromatic heterocycles. The quantitative estimate of drug-likeness (QED) is 0.848. The standard InChI is InChI=1S/C20H23ClN2O2/c1-14-9-15(2)11-19(10-14)22-20(25)13-23(16(3)24)8-7-17-5-4-6-18(21)12-17/h4-6,9-12H,7-8,13H2,1-3H3,(H,22,25). The van der Waals surface area contributed by atoms with Crippen molar-refractivity contribution in [2.75, 3.05) is 18.4 Å². The maximum Gasteiger partial charge on any atom is 0.243 e. The Balaban J connectivity index is 1.96. The molecule has 0 aliphatic rings. The molecule has 2 aromatic rings. The fourth-order valence-electron chi connectivity index (χ4n) is 2.73. The third-order valence-electron chi connectivity index (χ3n) is 3.84. The van der Waals surface area contributed by atoms with Crippen LogP contribution in [0.1, 0.15) is 23.6 Å². The fraction of sp³-hybridized carbons (Fsp3) is 0.300. The number of amides is 2. The number of aryl methyl sites for hydroxylation is 2. The number of anilines is 1. The van der Waals surface area contributed by atoms with E-state index in [0.717, 1.165) is 22.4 Å². The van der Waals surface area contributed by atoms with Gasteiger partial charge in [0, 0.05) is 24.2 Å². The second-order valence-corrected chi connectivity index (χ2v) is 6.68. The van der Waals surface area contributed by atoms with Gasteiger partial charge in [-0.25, -0.2) is 0 Å². The lowest BCUT2D eigenvalue weighted by atomic mass is 10.1. The molecular weight excluding hydrogens is 336 g/mol. The number of rotatable bonds is 6. The Morgan fingerprint density at radius 1 is 1.08 bits per heavy atom. The van der Waals surface area contributed by atoms with Gasteiger partial charge in [-0.3, -0.25) is 9.59 Å². The van der Waals surface area contributed by atoms with Crippen molar-refractivity contribution in [3.05, 3.63) is 64.2 Å². The van der Waals surface area contributed by atoms with Crippen LogP contribution in [-0.4, -0.2) is 29.8 Å². The summed E-state index contributed by atoms with van der Waals surface area (Å²) in [5, 5.41) is 3.53. The molecule has 0 saturated heterocycles. The van der Waals surface area contributed by atoms with Gasteiger partial charge in [-0.2, -0.15) is 0 Å². The highest BCUT2D eigenvalue weighted by molar-refractivity contribution is 6.30. The summed E-state index contributed by atoms with van der Waals surface area (Å²) in [5.41, 5.74) is 3.95. The molecule has 1 N–H and O–H groups in total. The monoisotopic (exact) mass is 358 g/mol. The van der Waals surface area contributed by atoms with Gasteiger partial charge in [0.2, 0.25) is 11.8 Å². The molecule has 25 heavy (non-hydrogen) atoms. The van der Waals surface area contributed by atoms with Crippen LogP contribution in [0.5, 0.6) is 0 Å². The minimum Gasteiger partial charge on any atom is -0.333 e. The summed E-state index contributed by atoms with van der Waals surface area (Å²) in [6.07, 6.45) is 0.650. The maximum atomic E-state index is 12.3. The van der Waals surface area contributed by atoms with E-state index in [1.807, 2.05) is 56.3 Å². The average Bonchev–Trinajstić information content (AvgIpc) is 2.50. The largest absolute Gasteiger partial charge is 0.333 e. The van der Waals surface area contributed by atoms with Gasteiger partial charge in [-0.15, -0.1) is 0 Å². The molecule has 0 atom stereocenters. The number of halogens is 1. The van der Waals surface area contributed by atoms with E-state index in [4.69, 9.17) is 11.6 Å². The first-order valence-electron chi connectivity index (χ1n) is 8.21. The molecule has 4 nitrogen and oxygen atoms in total. The molecule has 2 aromatic carbocycles. The highest BCUT2D eigenvalue weighted by Gasteiger charge is 2.14. The molecule has 0 aliphatic carbocycles. The van der Waals surface area contributed by atoms with E-state index in [-0.39, 0.29) is 18.4 Å². The van der Waals surface area contributed by atoms with Gasteiger partial charge in [0.15, 0.2) is 0 Å². The van der Waals surface area contributed by atoms with Crippen molar-refractivity contribution in [1.29, 1.82) is 0 Å². The number of carbonyl (C=O) groups is 2. The van der Waals surface area contributed by atoms with Crippen LogP contribution >= 0.6 is 11.6 Å². The summed E-state index contributed by atoms with van der Waals surface area (Å²) >= 11 is 5.98. The van der Waals surface area contributed by atoms with Crippen molar-refractivity contribution in [2.45, 2.75) is 27.2 Å². The number of nitrogens with one attached hydrogen (secondary N) is 1. The number of carbonyl (C=O) groups excluding carboxylic acids is 2. The summed E-state index contributed by atoms with van der Waals surface area (Å²) in [5.74, 6) is -0.330. The molecule has 2 rings (SSSR count). The van der Waals surface area contributed by atoms with Crippen LogP contribution in [-0.2, 0) is 16.0 Å². The average molecular weight is 359 g/mol. The zero-order chi connectivity index (χ0) is 18.4. The first-order chi connectivity index (χ1) is 11.8. The van der Waals surface area contributed by atoms with E-state index in [1.54, 1.807) is 4.90 Å². The molecule has 5 heteroatoms. The first-order valence-corrected chi connectivity index (χ1v) is 8.59. The van der Waals surface area contributed by atoms with Crippen molar-refractivity contribution >= 4 is 29.1 Å². The summed E-state index contributed by atoms with van der Waals surface area (Å²) in [7, 11) is 0. The van der Waals surface area contributed by atoms with Crippen molar-refractivity contribution in [3.63, 3.8) is 0 Å². The number of nitrogens with zero attached hydrogens (tertiary/aromatic N) is 1. The van der Waals surface area contributed by atoms with Gasteiger partial charge in [0.1, 0.15) is 0 Å². The van der Waals surface area contributed by atoms with Gasteiger partial charge in [0.05, 0.1) is 6.54 Å². The molecule has 132 valence electrons. The fourth-order valence-corrected chi connectivity index (χ4v) is 2.94. The Hall–Kier alpha value is -2.33. The Morgan fingerprint density at radius 3 is 2.36 bits per heavy atom. The molecule has 0 aliphatic heterocycles. The van der Waals surface area contributed by atoms with Gasteiger partial charge in [-0.05, 0) is 61.2 Å². The van der Waals surface area contributed by atoms with Crippen LogP contribution < -0.4 is 5.32 Å². The first kappa shape index (κ1) is 19.0. The molecule has 0 spiro atoms. The molecule has 0 bridgehead atoms. The number of benzene rings is 2. The minimum absolute atomic E-state index is 0.0306. The van der Waals surface area contributed by atoms with Gasteiger partial charge >= 0.3 is 0 Å². The zero-order valence-corrected chi connectivity index (χ0v) is 15.6. The molecule has 2 amide bonds. The van der Waals surface area contributed by atoms with Crippen LogP contribution in [0.2, 0.25) is 5.02 Å². The maximum absolute atomic E-state index is 12.3. The van der Waals surface area contributed by atoms with Crippen LogP contribution in [0.4, 0.5) is 5.69 Å². The van der Waals surface area contributed by atoms with Crippen LogP contribution in [0.15, 0.2) is 42.5 Å². The van der Waals surface area contributed by atoms with Crippen molar-refractivity contribution < 1.29 is 9.59 Å². The van der Waals surface area contributed by atoms with E-state index in [9.17, 15) is 9.59 Å². The van der Waals surface area contributed by atoms with E-state index in [2.05, 4.69) is 5.32 Å². The second-order valence-electron chi connectivity index (χ2n) is 6.25. The minimum atomic E-state index is -0.203. The van der Waals surface area contributed by atoms with Crippen LogP contribution in [0, 0.1) is 13.8 Å². The third-order valence-corrected chi connectivity index (χ3v) is 4.08. The summed E-state index contributed by atoms with van der Waals surface area (Å²) in [4.78, 5) is 25.7. The SMILES string of the molecule is CC(=O)N(CCc1cccc(Cl)c1)CC(=O)Nc1cc(C)cc(C)c1. The number of hydrogen-bond acceptors (Lipinski definition) is 2. The lowest BCUT2D eigenvalue weighted by molar-refractivity contribution is -0.132. The molecule has 0 saturated carbocycles. The Morgan fingerprint density at radius 2 is 1.76 bits per heavy atom. The highest BCUT2D eigenvalue weighted by Crippen LogP contribution is 2.14. The molecule has 0 fully saturated rings. The van der Waals surface area contributed by atoms with Crippen molar-refractivity contribution in [3.8, 4) is 0 Å². The predicted molar refractivity (Wildman–Crippen MR) is 102 cm³/mol. The smallest absolute Gasteiger partial charge is 0.243 e. The van der Waals surface area contributed by atoms with E-state index >= 15 is 0 Å². The molecular formula is C20H23ClN2O2.